The molecular formula is C24H28N2O7. The summed E-state index contributed by atoms with van der Waals surface area (Å²) >= 11 is 0. The maximum absolute atomic E-state index is 12.5. The van der Waals surface area contributed by atoms with E-state index in [9.17, 15) is 14.4 Å². The molecule has 0 saturated carbocycles. The Labute approximate surface area is 192 Å². The Bertz CT molecular complexity index is 949. The van der Waals surface area contributed by atoms with E-state index in [0.717, 1.165) is 22.3 Å². The molecule has 0 heterocycles. The van der Waals surface area contributed by atoms with Gasteiger partial charge in [-0.05, 0) is 28.7 Å². The molecule has 2 atom stereocenters. The van der Waals surface area contributed by atoms with Crippen LogP contribution in [0.5, 0.6) is 0 Å². The van der Waals surface area contributed by atoms with E-state index in [1.807, 2.05) is 55.5 Å². The molecule has 1 unspecified atom stereocenters. The van der Waals surface area contributed by atoms with Crippen molar-refractivity contribution < 1.29 is 33.8 Å². The molecular weight excluding hydrogens is 428 g/mol. The Balaban J connectivity index is 1.59. The molecule has 2 amide bonds. The zero-order valence-corrected chi connectivity index (χ0v) is 18.6. The molecule has 9 nitrogen and oxygen atoms in total. The van der Waals surface area contributed by atoms with E-state index in [4.69, 9.17) is 19.4 Å². The lowest BCUT2D eigenvalue weighted by Gasteiger charge is -2.20. The molecule has 0 aromatic heterocycles. The van der Waals surface area contributed by atoms with Gasteiger partial charge in [-0.3, -0.25) is 9.63 Å². The number of benzene rings is 2. The topological polar surface area (TPSA) is 123 Å². The number of carboxylic acid groups (broad SMARTS) is 1. The van der Waals surface area contributed by atoms with E-state index < -0.39 is 30.1 Å². The molecule has 0 aliphatic heterocycles. The van der Waals surface area contributed by atoms with Crippen LogP contribution in [0.4, 0.5) is 4.79 Å². The third kappa shape index (κ3) is 5.88. The van der Waals surface area contributed by atoms with Gasteiger partial charge in [0.25, 0.3) is 5.91 Å². The molecule has 0 fully saturated rings. The second-order valence-electron chi connectivity index (χ2n) is 7.68. The Morgan fingerprint density at radius 2 is 1.64 bits per heavy atom. The molecule has 1 aliphatic carbocycles. The molecule has 176 valence electrons. The summed E-state index contributed by atoms with van der Waals surface area (Å²) in [6.45, 7) is 1.73. The van der Waals surface area contributed by atoms with Crippen molar-refractivity contribution in [3.63, 3.8) is 0 Å². The number of hydroxylamine groups is 1. The van der Waals surface area contributed by atoms with E-state index in [0.29, 0.717) is 12.8 Å². The number of aliphatic carboxylic acids is 1. The minimum atomic E-state index is -1.37. The highest BCUT2D eigenvalue weighted by Gasteiger charge is 2.30. The number of carbonyl (C=O) groups excluding carboxylic acids is 2. The number of hydrogen-bond donors (Lipinski definition) is 3. The maximum atomic E-state index is 12.5. The van der Waals surface area contributed by atoms with Crippen molar-refractivity contribution >= 4 is 18.0 Å². The molecule has 3 N–H and O–H groups in total. The van der Waals surface area contributed by atoms with Gasteiger partial charge in [-0.2, -0.15) is 0 Å². The monoisotopic (exact) mass is 456 g/mol. The fraction of sp³-hybridized carbons (Fsp3) is 0.375. The molecule has 2 aromatic rings. The van der Waals surface area contributed by atoms with Crippen molar-refractivity contribution in [2.45, 2.75) is 37.8 Å². The van der Waals surface area contributed by atoms with Crippen LogP contribution in [0.2, 0.25) is 0 Å². The number of fused-ring (bicyclic) bond motifs is 3. The molecule has 3 rings (SSSR count). The second kappa shape index (κ2) is 11.4. The number of carbonyl (C=O) groups is 3. The Morgan fingerprint density at radius 3 is 2.18 bits per heavy atom. The van der Waals surface area contributed by atoms with Crippen LogP contribution in [0.15, 0.2) is 48.5 Å². The summed E-state index contributed by atoms with van der Waals surface area (Å²) in [7, 11) is 1.32. The van der Waals surface area contributed by atoms with Gasteiger partial charge in [0.2, 0.25) is 6.10 Å². The summed E-state index contributed by atoms with van der Waals surface area (Å²) in [5.74, 6) is -2.06. The van der Waals surface area contributed by atoms with Crippen LogP contribution in [-0.4, -0.2) is 55.5 Å². The third-order valence-corrected chi connectivity index (χ3v) is 5.42. The molecule has 0 radical (unpaired) electrons. The van der Waals surface area contributed by atoms with Crippen molar-refractivity contribution in [3.8, 4) is 11.1 Å². The van der Waals surface area contributed by atoms with Crippen molar-refractivity contribution in [2.75, 3.05) is 20.3 Å². The first-order chi connectivity index (χ1) is 16.0. The summed E-state index contributed by atoms with van der Waals surface area (Å²) in [5.41, 5.74) is 6.49. The molecule has 9 heteroatoms. The number of amides is 2. The van der Waals surface area contributed by atoms with E-state index in [1.165, 1.54) is 7.11 Å². The fourth-order valence-corrected chi connectivity index (χ4v) is 3.85. The Kier molecular flexibility index (Phi) is 8.39. The number of nitrogens with one attached hydrogen (secondary N) is 2. The van der Waals surface area contributed by atoms with Crippen molar-refractivity contribution in [2.24, 2.45) is 0 Å². The SMILES string of the molecule is CCC[C@@H](NC(=O)OCC1c2ccccc2-c2ccccc21)C(=O)NOC(COC)C(=O)O. The summed E-state index contributed by atoms with van der Waals surface area (Å²) in [6.07, 6.45) is -1.18. The predicted octanol–water partition coefficient (Wildman–Crippen LogP) is 2.84. The van der Waals surface area contributed by atoms with E-state index in [2.05, 4.69) is 10.8 Å². The first-order valence-electron chi connectivity index (χ1n) is 10.7. The number of hydrogen-bond acceptors (Lipinski definition) is 6. The van der Waals surface area contributed by atoms with Gasteiger partial charge in [0.15, 0.2) is 0 Å². The molecule has 0 bridgehead atoms. The first-order valence-corrected chi connectivity index (χ1v) is 10.7. The van der Waals surface area contributed by atoms with Gasteiger partial charge in [0, 0.05) is 13.0 Å². The Morgan fingerprint density at radius 1 is 1.03 bits per heavy atom. The standard InChI is InChI=1S/C24H28N2O7/c1-3-8-20(22(27)26-33-21(14-31-2)23(28)29)25-24(30)32-13-19-17-11-6-4-9-15(17)16-10-5-7-12-18(16)19/h4-7,9-12,19-21H,3,8,13-14H2,1-2H3,(H,25,30)(H,26,27)(H,28,29)/t20-,21?/m1/s1. The van der Waals surface area contributed by atoms with Gasteiger partial charge in [-0.1, -0.05) is 61.9 Å². The van der Waals surface area contributed by atoms with Crippen molar-refractivity contribution in [1.82, 2.24) is 10.8 Å². The number of alkyl carbamates (subject to hydrolysis) is 1. The fourth-order valence-electron chi connectivity index (χ4n) is 3.85. The van der Waals surface area contributed by atoms with Gasteiger partial charge < -0.3 is 19.9 Å². The summed E-state index contributed by atoms with van der Waals surface area (Å²) < 4.78 is 10.2. The molecule has 0 spiro atoms. The minimum absolute atomic E-state index is 0.102. The molecule has 0 saturated heterocycles. The maximum Gasteiger partial charge on any atom is 0.407 e. The van der Waals surface area contributed by atoms with Gasteiger partial charge in [-0.25, -0.2) is 15.1 Å². The number of carboxylic acids is 1. The number of rotatable bonds is 11. The highest BCUT2D eigenvalue weighted by Crippen LogP contribution is 2.44. The van der Waals surface area contributed by atoms with Crippen molar-refractivity contribution in [1.29, 1.82) is 0 Å². The average Bonchev–Trinajstić information content (AvgIpc) is 3.13. The van der Waals surface area contributed by atoms with E-state index >= 15 is 0 Å². The minimum Gasteiger partial charge on any atom is -0.479 e. The van der Waals surface area contributed by atoms with Gasteiger partial charge >= 0.3 is 12.1 Å². The third-order valence-electron chi connectivity index (χ3n) is 5.42. The summed E-state index contributed by atoms with van der Waals surface area (Å²) in [5, 5.41) is 11.6. The van der Waals surface area contributed by atoms with Crippen LogP contribution in [0.3, 0.4) is 0 Å². The van der Waals surface area contributed by atoms with Gasteiger partial charge in [-0.15, -0.1) is 0 Å². The second-order valence-corrected chi connectivity index (χ2v) is 7.68. The Hall–Kier alpha value is -3.43. The highest BCUT2D eigenvalue weighted by molar-refractivity contribution is 5.85. The number of ether oxygens (including phenoxy) is 2. The van der Waals surface area contributed by atoms with Crippen LogP contribution >= 0.6 is 0 Å². The van der Waals surface area contributed by atoms with Crippen LogP contribution < -0.4 is 10.8 Å². The lowest BCUT2D eigenvalue weighted by atomic mass is 9.98. The summed E-state index contributed by atoms with van der Waals surface area (Å²) in [6, 6.07) is 15.0. The molecule has 1 aliphatic rings. The zero-order chi connectivity index (χ0) is 23.8. The van der Waals surface area contributed by atoms with E-state index in [-0.39, 0.29) is 19.1 Å². The zero-order valence-electron chi connectivity index (χ0n) is 18.6. The van der Waals surface area contributed by atoms with E-state index in [1.54, 1.807) is 0 Å². The normalized spacial score (nSPS) is 14.0. The highest BCUT2D eigenvalue weighted by atomic mass is 16.7. The smallest absolute Gasteiger partial charge is 0.407 e. The molecule has 2 aromatic carbocycles. The average molecular weight is 456 g/mol. The summed E-state index contributed by atoms with van der Waals surface area (Å²) in [4.78, 5) is 41.0. The van der Waals surface area contributed by atoms with Gasteiger partial charge in [0.1, 0.15) is 12.6 Å². The van der Waals surface area contributed by atoms with Gasteiger partial charge in [0.05, 0.1) is 6.61 Å². The van der Waals surface area contributed by atoms with Crippen LogP contribution in [0.25, 0.3) is 11.1 Å². The lowest BCUT2D eigenvalue weighted by Crippen LogP contribution is -2.49. The molecule has 33 heavy (non-hydrogen) atoms. The largest absolute Gasteiger partial charge is 0.479 e. The first kappa shape index (κ1) is 24.2. The predicted molar refractivity (Wildman–Crippen MR) is 119 cm³/mol. The quantitative estimate of drug-likeness (QED) is 0.444. The van der Waals surface area contributed by atoms with Crippen molar-refractivity contribution in [3.05, 3.63) is 59.7 Å². The number of methoxy groups -OCH3 is 1. The van der Waals surface area contributed by atoms with Crippen LogP contribution in [0, 0.1) is 0 Å². The van der Waals surface area contributed by atoms with Crippen LogP contribution in [-0.2, 0) is 23.9 Å². The van der Waals surface area contributed by atoms with Crippen LogP contribution in [0.1, 0.15) is 36.8 Å². The lowest BCUT2D eigenvalue weighted by molar-refractivity contribution is -0.165.